The van der Waals surface area contributed by atoms with Crippen LogP contribution in [0.3, 0.4) is 0 Å². The largest absolute Gasteiger partial charge is 0.494 e. The van der Waals surface area contributed by atoms with Gasteiger partial charge in [-0.15, -0.1) is 0 Å². The molecule has 1 aromatic heterocycles. The summed E-state index contributed by atoms with van der Waals surface area (Å²) in [5.74, 6) is 0.881. The Balaban J connectivity index is 1.03. The van der Waals surface area contributed by atoms with Crippen molar-refractivity contribution in [2.45, 2.75) is 70.1 Å². The highest BCUT2D eigenvalue weighted by molar-refractivity contribution is 7.92. The third-order valence-electron chi connectivity index (χ3n) is 9.60. The van der Waals surface area contributed by atoms with E-state index in [1.54, 1.807) is 30.5 Å². The number of benzene rings is 2. The van der Waals surface area contributed by atoms with Crippen molar-refractivity contribution >= 4 is 21.6 Å². The molecule has 1 aliphatic heterocycles. The fourth-order valence-electron chi connectivity index (χ4n) is 7.11. The number of nitrogens with zero attached hydrogens (tertiary/aromatic N) is 3. The molecule has 2 aromatic carbocycles. The Morgan fingerprint density at radius 2 is 1.73 bits per heavy atom. The minimum atomic E-state index is -3.73. The first-order valence-corrected chi connectivity index (χ1v) is 17.7. The number of sulfonamides is 1. The molecule has 3 aromatic rings. The highest BCUT2D eigenvalue weighted by atomic mass is 32.2. The lowest BCUT2D eigenvalue weighted by molar-refractivity contribution is 0.0628. The van der Waals surface area contributed by atoms with Crippen molar-refractivity contribution in [1.82, 2.24) is 14.8 Å². The van der Waals surface area contributed by atoms with Gasteiger partial charge in [-0.05, 0) is 91.1 Å². The summed E-state index contributed by atoms with van der Waals surface area (Å²) in [5.41, 5.74) is 4.05. The number of amides is 1. The fraction of sp³-hybridized carbons (Fsp3) is 0.486. The van der Waals surface area contributed by atoms with Crippen LogP contribution in [0.15, 0.2) is 66.9 Å². The Hall–Kier alpha value is -3.43. The maximum Gasteiger partial charge on any atom is 0.253 e. The number of ether oxygens (including phenoxy) is 1. The summed E-state index contributed by atoms with van der Waals surface area (Å²) in [5, 5.41) is -0.680. The van der Waals surface area contributed by atoms with Crippen molar-refractivity contribution in [1.29, 1.82) is 0 Å². The van der Waals surface area contributed by atoms with E-state index in [9.17, 15) is 13.2 Å². The first-order valence-electron chi connectivity index (χ1n) is 16.1. The number of aromatic nitrogens is 1. The average molecular weight is 617 g/mol. The van der Waals surface area contributed by atoms with Gasteiger partial charge in [-0.2, -0.15) is 0 Å². The molecular formula is C35H44N4O4S. The number of unbranched alkanes of at least 4 members (excludes halogenated alkanes) is 1. The van der Waals surface area contributed by atoms with E-state index in [0.29, 0.717) is 36.5 Å². The van der Waals surface area contributed by atoms with Crippen LogP contribution in [0.25, 0.3) is 0 Å². The van der Waals surface area contributed by atoms with E-state index in [-0.39, 0.29) is 11.3 Å². The van der Waals surface area contributed by atoms with E-state index in [0.717, 1.165) is 82.5 Å². The van der Waals surface area contributed by atoms with Gasteiger partial charge in [-0.1, -0.05) is 44.4 Å². The predicted octanol–water partition coefficient (Wildman–Crippen LogP) is 6.21. The van der Waals surface area contributed by atoms with Crippen LogP contribution in [-0.4, -0.2) is 61.9 Å². The maximum atomic E-state index is 13.7. The van der Waals surface area contributed by atoms with Crippen LogP contribution in [0.2, 0.25) is 0 Å². The second-order valence-electron chi connectivity index (χ2n) is 12.8. The van der Waals surface area contributed by atoms with Gasteiger partial charge in [0.05, 0.1) is 12.3 Å². The van der Waals surface area contributed by atoms with Crippen LogP contribution in [0.1, 0.15) is 84.3 Å². The van der Waals surface area contributed by atoms with Crippen molar-refractivity contribution in [2.75, 3.05) is 37.5 Å². The van der Waals surface area contributed by atoms with Gasteiger partial charge in [0.15, 0.2) is 0 Å². The second-order valence-corrected chi connectivity index (χ2v) is 14.6. The van der Waals surface area contributed by atoms with Crippen molar-refractivity contribution in [3.63, 3.8) is 0 Å². The number of carbonyl (C=O) groups is 1. The van der Waals surface area contributed by atoms with E-state index in [4.69, 9.17) is 4.74 Å². The molecular weight excluding hydrogens is 572 g/mol. The summed E-state index contributed by atoms with van der Waals surface area (Å²) in [4.78, 5) is 22.0. The second kappa shape index (κ2) is 13.3. The van der Waals surface area contributed by atoms with Gasteiger partial charge < -0.3 is 9.64 Å². The topological polar surface area (TPSA) is 91.8 Å². The minimum absolute atomic E-state index is 0.0266. The Labute approximate surface area is 261 Å². The number of hydrogen-bond acceptors (Lipinski definition) is 6. The summed E-state index contributed by atoms with van der Waals surface area (Å²) in [6.45, 7) is 6.66. The van der Waals surface area contributed by atoms with Gasteiger partial charge in [-0.3, -0.25) is 19.4 Å². The average Bonchev–Trinajstić information content (AvgIpc) is 3.49. The van der Waals surface area contributed by atoms with E-state index < -0.39 is 15.3 Å². The van der Waals surface area contributed by atoms with Crippen molar-refractivity contribution in [3.05, 3.63) is 89.2 Å². The van der Waals surface area contributed by atoms with Crippen LogP contribution in [0, 0.1) is 5.41 Å². The van der Waals surface area contributed by atoms with Crippen LogP contribution in [0.5, 0.6) is 5.75 Å². The first kappa shape index (κ1) is 30.6. The number of anilines is 1. The molecule has 0 radical (unpaired) electrons. The maximum absolute atomic E-state index is 13.7. The standard InChI is InChI=1S/C35H44N4O4S/c1-2-3-23-43-31-14-8-27(9-15-31)26-38-19-21-39(22-20-38)34(40)28-10-12-30(13-11-28)37-44(41,42)32-25-35(16-4-5-17-35)24-29-7-6-18-36-33(29)32/h6-15,18,32,37H,2-5,16-17,19-26H2,1H3. The molecule has 1 spiro atoms. The molecule has 44 heavy (non-hydrogen) atoms. The Morgan fingerprint density at radius 1 is 1.00 bits per heavy atom. The molecule has 1 atom stereocenters. The van der Waals surface area contributed by atoms with E-state index in [1.807, 2.05) is 29.2 Å². The normalized spacial score (nSPS) is 19.9. The molecule has 6 rings (SSSR count). The molecule has 1 unspecified atom stereocenters. The SMILES string of the molecule is CCCCOc1ccc(CN2CCN(C(=O)c3ccc(NS(=O)(=O)C4CC5(CCCC5)Cc5cccnc54)cc3)CC2)cc1. The number of pyridine rings is 1. The summed E-state index contributed by atoms with van der Waals surface area (Å²) < 4.78 is 36.0. The molecule has 3 aliphatic rings. The molecule has 2 aliphatic carbocycles. The molecule has 9 heteroatoms. The van der Waals surface area contributed by atoms with Crippen molar-refractivity contribution in [2.24, 2.45) is 5.41 Å². The van der Waals surface area contributed by atoms with E-state index in [2.05, 4.69) is 33.7 Å². The number of nitrogens with one attached hydrogen (secondary N) is 1. The third-order valence-corrected chi connectivity index (χ3v) is 11.3. The molecule has 1 saturated heterocycles. The number of rotatable bonds is 10. The molecule has 2 heterocycles. The summed E-state index contributed by atoms with van der Waals surface area (Å²) >= 11 is 0. The monoisotopic (exact) mass is 616 g/mol. The lowest BCUT2D eigenvalue weighted by Gasteiger charge is -2.38. The van der Waals surface area contributed by atoms with Gasteiger partial charge in [-0.25, -0.2) is 8.42 Å². The molecule has 1 amide bonds. The quantitative estimate of drug-likeness (QED) is 0.273. The Bertz CT molecular complexity index is 1530. The highest BCUT2D eigenvalue weighted by Crippen LogP contribution is 2.52. The first-order chi connectivity index (χ1) is 21.3. The molecule has 1 N–H and O–H groups in total. The molecule has 1 saturated carbocycles. The van der Waals surface area contributed by atoms with Gasteiger partial charge in [0, 0.05) is 50.2 Å². The van der Waals surface area contributed by atoms with Gasteiger partial charge in [0.25, 0.3) is 5.91 Å². The van der Waals surface area contributed by atoms with Crippen LogP contribution in [-0.2, 0) is 23.0 Å². The zero-order valence-electron chi connectivity index (χ0n) is 25.7. The lowest BCUT2D eigenvalue weighted by atomic mass is 9.71. The number of piperazine rings is 1. The predicted molar refractivity (Wildman–Crippen MR) is 173 cm³/mol. The van der Waals surface area contributed by atoms with Gasteiger partial charge >= 0.3 is 0 Å². The highest BCUT2D eigenvalue weighted by Gasteiger charge is 2.46. The molecule has 8 nitrogen and oxygen atoms in total. The van der Waals surface area contributed by atoms with Gasteiger partial charge in [0.1, 0.15) is 11.0 Å². The summed E-state index contributed by atoms with van der Waals surface area (Å²) in [7, 11) is -3.73. The van der Waals surface area contributed by atoms with Crippen molar-refractivity contribution in [3.8, 4) is 5.75 Å². The van der Waals surface area contributed by atoms with Crippen molar-refractivity contribution < 1.29 is 17.9 Å². The van der Waals surface area contributed by atoms with E-state index >= 15 is 0 Å². The fourth-order valence-corrected chi connectivity index (χ4v) is 8.80. The molecule has 234 valence electrons. The van der Waals surface area contributed by atoms with Gasteiger partial charge in [0.2, 0.25) is 10.0 Å². The number of hydrogen-bond donors (Lipinski definition) is 1. The molecule has 0 bridgehead atoms. The summed E-state index contributed by atoms with van der Waals surface area (Å²) in [6, 6.07) is 19.1. The lowest BCUT2D eigenvalue weighted by Crippen LogP contribution is -2.48. The van der Waals surface area contributed by atoms with Crippen LogP contribution >= 0.6 is 0 Å². The zero-order chi connectivity index (χ0) is 30.6. The van der Waals surface area contributed by atoms with E-state index in [1.165, 1.54) is 5.56 Å². The summed E-state index contributed by atoms with van der Waals surface area (Å²) in [6.07, 6.45) is 9.84. The Morgan fingerprint density at radius 3 is 2.43 bits per heavy atom. The zero-order valence-corrected chi connectivity index (χ0v) is 26.5. The number of carbonyl (C=O) groups excluding carboxylic acids is 1. The Kier molecular flexibility index (Phi) is 9.23. The van der Waals surface area contributed by atoms with Crippen LogP contribution in [0.4, 0.5) is 5.69 Å². The minimum Gasteiger partial charge on any atom is -0.494 e. The third kappa shape index (κ3) is 6.94. The smallest absolute Gasteiger partial charge is 0.253 e. The molecule has 2 fully saturated rings. The van der Waals surface area contributed by atoms with Crippen LogP contribution < -0.4 is 9.46 Å². The number of fused-ring (bicyclic) bond motifs is 1.